The molecule has 2 aliphatic heterocycles. The zero-order valence-corrected chi connectivity index (χ0v) is 18.7. The SMILES string of the molecule is CCOC(=O)c1c(Nc2ccc(N3CCOCC3)cc2)oc(C=C2C=Nc3ncccc32)c1O. The number of carbonyl (C=O) groups excluding carboxylic acids is 1. The van der Waals surface area contributed by atoms with Crippen LogP contribution in [-0.4, -0.2) is 55.2 Å². The lowest BCUT2D eigenvalue weighted by Gasteiger charge is -2.28. The Balaban J connectivity index is 1.45. The summed E-state index contributed by atoms with van der Waals surface area (Å²) in [6.45, 7) is 4.96. The third-order valence-corrected chi connectivity index (χ3v) is 5.60. The van der Waals surface area contributed by atoms with Gasteiger partial charge in [0.05, 0.1) is 19.8 Å². The minimum absolute atomic E-state index is 0.0627. The van der Waals surface area contributed by atoms with Gasteiger partial charge in [0.15, 0.2) is 22.9 Å². The number of aromatic hydroxyl groups is 1. The van der Waals surface area contributed by atoms with Crippen LogP contribution in [-0.2, 0) is 9.47 Å². The second-order valence-corrected chi connectivity index (χ2v) is 7.74. The van der Waals surface area contributed by atoms with Crippen LogP contribution in [0.4, 0.5) is 23.1 Å². The number of ether oxygens (including phenoxy) is 2. The number of nitrogens with one attached hydrogen (secondary N) is 1. The predicted molar refractivity (Wildman–Crippen MR) is 129 cm³/mol. The molecule has 0 spiro atoms. The number of nitrogens with zero attached hydrogens (tertiary/aromatic N) is 3. The summed E-state index contributed by atoms with van der Waals surface area (Å²) in [7, 11) is 0. The van der Waals surface area contributed by atoms with Crippen LogP contribution in [0.25, 0.3) is 11.6 Å². The highest BCUT2D eigenvalue weighted by atomic mass is 16.5. The molecule has 0 bridgehead atoms. The Hall–Kier alpha value is -4.11. The van der Waals surface area contributed by atoms with E-state index in [1.807, 2.05) is 30.3 Å². The van der Waals surface area contributed by atoms with Gasteiger partial charge in [0.25, 0.3) is 0 Å². The fourth-order valence-corrected chi connectivity index (χ4v) is 3.91. The van der Waals surface area contributed by atoms with Gasteiger partial charge in [-0.2, -0.15) is 0 Å². The molecule has 0 radical (unpaired) electrons. The number of furan rings is 1. The van der Waals surface area contributed by atoms with Gasteiger partial charge in [-0.05, 0) is 49.4 Å². The van der Waals surface area contributed by atoms with Crippen molar-refractivity contribution in [2.75, 3.05) is 43.1 Å². The fourth-order valence-electron chi connectivity index (χ4n) is 3.91. The van der Waals surface area contributed by atoms with Crippen LogP contribution in [0.3, 0.4) is 0 Å². The van der Waals surface area contributed by atoms with Crippen molar-refractivity contribution >= 4 is 46.9 Å². The number of pyridine rings is 1. The Morgan fingerprint density at radius 2 is 2.03 bits per heavy atom. The number of aliphatic imine (C=N–C) groups is 1. The number of allylic oxidation sites excluding steroid dienone is 1. The van der Waals surface area contributed by atoms with Crippen molar-refractivity contribution in [3.8, 4) is 5.75 Å². The van der Waals surface area contributed by atoms with E-state index in [-0.39, 0.29) is 29.6 Å². The van der Waals surface area contributed by atoms with E-state index in [0.29, 0.717) is 30.3 Å². The van der Waals surface area contributed by atoms with Gasteiger partial charge in [-0.15, -0.1) is 0 Å². The van der Waals surface area contributed by atoms with Gasteiger partial charge in [-0.3, -0.25) is 0 Å². The van der Waals surface area contributed by atoms with Crippen LogP contribution in [0.1, 0.15) is 28.6 Å². The summed E-state index contributed by atoms with van der Waals surface area (Å²) >= 11 is 0. The summed E-state index contributed by atoms with van der Waals surface area (Å²) in [6.07, 6.45) is 4.93. The number of fused-ring (bicyclic) bond motifs is 1. The quantitative estimate of drug-likeness (QED) is 0.521. The highest BCUT2D eigenvalue weighted by Crippen LogP contribution is 2.39. The number of aromatic nitrogens is 1. The molecule has 34 heavy (non-hydrogen) atoms. The van der Waals surface area contributed by atoms with Crippen LogP contribution in [0, 0.1) is 0 Å². The van der Waals surface area contributed by atoms with Gasteiger partial charge in [-0.25, -0.2) is 14.8 Å². The van der Waals surface area contributed by atoms with Crippen LogP contribution < -0.4 is 10.2 Å². The first kappa shape index (κ1) is 21.7. The molecule has 9 heteroatoms. The monoisotopic (exact) mass is 460 g/mol. The normalized spacial score (nSPS) is 16.0. The molecule has 2 aromatic heterocycles. The highest BCUT2D eigenvalue weighted by molar-refractivity contribution is 6.21. The zero-order chi connectivity index (χ0) is 23.5. The van der Waals surface area contributed by atoms with Crippen LogP contribution in [0.5, 0.6) is 5.75 Å². The number of benzene rings is 1. The molecule has 174 valence electrons. The summed E-state index contributed by atoms with van der Waals surface area (Å²) in [5.74, 6) is -0.173. The largest absolute Gasteiger partial charge is 0.504 e. The molecule has 1 fully saturated rings. The second kappa shape index (κ2) is 9.40. The maximum Gasteiger partial charge on any atom is 0.347 e. The summed E-state index contributed by atoms with van der Waals surface area (Å²) < 4.78 is 16.5. The number of esters is 1. The minimum atomic E-state index is -0.678. The van der Waals surface area contributed by atoms with E-state index < -0.39 is 5.97 Å². The Labute approximate surface area is 196 Å². The van der Waals surface area contributed by atoms with Crippen LogP contribution in [0.15, 0.2) is 52.0 Å². The molecule has 0 amide bonds. The van der Waals surface area contributed by atoms with Crippen LogP contribution >= 0.6 is 0 Å². The minimum Gasteiger partial charge on any atom is -0.504 e. The molecule has 0 aliphatic carbocycles. The Kier molecular flexibility index (Phi) is 6.01. The topological polar surface area (TPSA) is 109 Å². The molecule has 2 aliphatic rings. The molecule has 0 unspecified atom stereocenters. The Bertz CT molecular complexity index is 1260. The van der Waals surface area contributed by atoms with E-state index in [4.69, 9.17) is 13.9 Å². The van der Waals surface area contributed by atoms with Crippen molar-refractivity contribution in [3.05, 3.63) is 59.5 Å². The smallest absolute Gasteiger partial charge is 0.347 e. The molecule has 0 atom stereocenters. The number of hydrogen-bond acceptors (Lipinski definition) is 9. The van der Waals surface area contributed by atoms with Crippen molar-refractivity contribution in [1.29, 1.82) is 0 Å². The van der Waals surface area contributed by atoms with Gasteiger partial charge in [0.1, 0.15) is 0 Å². The molecule has 4 heterocycles. The lowest BCUT2D eigenvalue weighted by molar-refractivity contribution is 0.0524. The lowest BCUT2D eigenvalue weighted by Crippen LogP contribution is -2.36. The van der Waals surface area contributed by atoms with E-state index in [2.05, 4.69) is 20.2 Å². The second-order valence-electron chi connectivity index (χ2n) is 7.74. The van der Waals surface area contributed by atoms with Crippen molar-refractivity contribution in [3.63, 3.8) is 0 Å². The summed E-state index contributed by atoms with van der Waals surface area (Å²) in [6, 6.07) is 11.4. The maximum atomic E-state index is 12.6. The van der Waals surface area contributed by atoms with Gasteiger partial charge in [0, 0.05) is 48.0 Å². The number of hydrogen-bond donors (Lipinski definition) is 2. The first-order chi connectivity index (χ1) is 16.6. The summed E-state index contributed by atoms with van der Waals surface area (Å²) in [5.41, 5.74) is 3.24. The third-order valence-electron chi connectivity index (χ3n) is 5.60. The zero-order valence-electron chi connectivity index (χ0n) is 18.7. The number of rotatable bonds is 6. The lowest BCUT2D eigenvalue weighted by atomic mass is 10.1. The average Bonchev–Trinajstić information content (AvgIpc) is 3.41. The van der Waals surface area contributed by atoms with Crippen molar-refractivity contribution in [2.24, 2.45) is 4.99 Å². The molecule has 1 aromatic carbocycles. The van der Waals surface area contributed by atoms with Gasteiger partial charge >= 0.3 is 5.97 Å². The molecule has 1 saturated heterocycles. The number of carbonyl (C=O) groups is 1. The van der Waals surface area contributed by atoms with E-state index in [1.165, 1.54) is 0 Å². The molecular weight excluding hydrogens is 436 g/mol. The predicted octanol–water partition coefficient (Wildman–Crippen LogP) is 4.39. The third kappa shape index (κ3) is 4.25. The molecule has 0 saturated carbocycles. The average molecular weight is 460 g/mol. The Morgan fingerprint density at radius 1 is 1.24 bits per heavy atom. The molecule has 2 N–H and O–H groups in total. The molecule has 5 rings (SSSR count). The van der Waals surface area contributed by atoms with Crippen molar-refractivity contribution < 1.29 is 23.8 Å². The highest BCUT2D eigenvalue weighted by Gasteiger charge is 2.27. The fraction of sp³-hybridized carbons (Fsp3) is 0.240. The van der Waals surface area contributed by atoms with Gasteiger partial charge < -0.3 is 29.2 Å². The summed E-state index contributed by atoms with van der Waals surface area (Å²) in [4.78, 5) is 23.4. The van der Waals surface area contributed by atoms with Gasteiger partial charge in [0.2, 0.25) is 5.88 Å². The maximum absolute atomic E-state index is 12.6. The Morgan fingerprint density at radius 3 is 2.79 bits per heavy atom. The number of morpholine rings is 1. The molecule has 9 nitrogen and oxygen atoms in total. The first-order valence-electron chi connectivity index (χ1n) is 11.1. The molecule has 3 aromatic rings. The molecular formula is C25H24N4O5. The summed E-state index contributed by atoms with van der Waals surface area (Å²) in [5, 5.41) is 14.0. The van der Waals surface area contributed by atoms with E-state index in [0.717, 1.165) is 24.3 Å². The van der Waals surface area contributed by atoms with E-state index in [9.17, 15) is 9.90 Å². The number of anilines is 3. The first-order valence-corrected chi connectivity index (χ1v) is 11.1. The van der Waals surface area contributed by atoms with E-state index >= 15 is 0 Å². The van der Waals surface area contributed by atoms with Crippen molar-refractivity contribution in [1.82, 2.24) is 4.98 Å². The van der Waals surface area contributed by atoms with Gasteiger partial charge in [-0.1, -0.05) is 0 Å². The van der Waals surface area contributed by atoms with Crippen LogP contribution in [0.2, 0.25) is 0 Å². The van der Waals surface area contributed by atoms with E-state index in [1.54, 1.807) is 31.5 Å². The van der Waals surface area contributed by atoms with Crippen molar-refractivity contribution in [2.45, 2.75) is 6.92 Å². The standard InChI is InChI=1S/C25H24N4O5/c1-2-33-25(31)21-22(30)20(14-16-15-27-23-19(16)4-3-9-26-23)34-24(21)28-17-5-7-18(8-6-17)29-10-12-32-13-11-29/h3-9,14-15,28,30H,2,10-13H2,1H3.